The molecule has 0 unspecified atom stereocenters. The van der Waals surface area contributed by atoms with Gasteiger partial charge in [0, 0.05) is 36.0 Å². The number of likely N-dealkylation sites (N-methyl/N-ethyl adjacent to an activating group) is 1. The van der Waals surface area contributed by atoms with Gasteiger partial charge in [-0.1, -0.05) is 23.8 Å². The SMILES string of the molecule is CCOCCN(CC)c1ccc(Cl)cc1C(N)=S. The monoisotopic (exact) mass is 286 g/mol. The van der Waals surface area contributed by atoms with Crippen molar-refractivity contribution in [1.82, 2.24) is 0 Å². The Morgan fingerprint density at radius 2 is 2.17 bits per heavy atom. The first kappa shape index (κ1) is 15.2. The Kier molecular flexibility index (Phi) is 6.39. The molecule has 1 aromatic rings. The summed E-state index contributed by atoms with van der Waals surface area (Å²) in [4.78, 5) is 2.54. The Morgan fingerprint density at radius 1 is 1.44 bits per heavy atom. The zero-order valence-electron chi connectivity index (χ0n) is 10.8. The highest BCUT2D eigenvalue weighted by molar-refractivity contribution is 7.80. The Labute approximate surface area is 119 Å². The summed E-state index contributed by atoms with van der Waals surface area (Å²) in [5, 5.41) is 0.641. The molecule has 2 N–H and O–H groups in total. The normalized spacial score (nSPS) is 10.4. The molecule has 3 nitrogen and oxygen atoms in total. The molecule has 0 spiro atoms. The number of nitrogens with two attached hydrogens (primary N) is 1. The fourth-order valence-corrected chi connectivity index (χ4v) is 2.08. The lowest BCUT2D eigenvalue weighted by Gasteiger charge is -2.25. The van der Waals surface area contributed by atoms with E-state index in [1.165, 1.54) is 0 Å². The lowest BCUT2D eigenvalue weighted by molar-refractivity contribution is 0.154. The molecule has 0 heterocycles. The molecule has 0 atom stereocenters. The standard InChI is InChI=1S/C13H19ClN2OS/c1-3-16(7-8-17-4-2)12-6-5-10(14)9-11(12)13(15)18/h5-6,9H,3-4,7-8H2,1-2H3,(H2,15,18). The summed E-state index contributed by atoms with van der Waals surface area (Å²) in [7, 11) is 0. The van der Waals surface area contributed by atoms with Crippen molar-refractivity contribution in [2.75, 3.05) is 31.2 Å². The molecule has 18 heavy (non-hydrogen) atoms. The molecule has 0 aromatic heterocycles. The first-order valence-corrected chi connectivity index (χ1v) is 6.80. The molecule has 0 saturated carbocycles. The van der Waals surface area contributed by atoms with Gasteiger partial charge in [-0.25, -0.2) is 0 Å². The number of benzene rings is 1. The summed E-state index contributed by atoms with van der Waals surface area (Å²) < 4.78 is 5.38. The molecule has 1 aromatic carbocycles. The number of hydrogen-bond donors (Lipinski definition) is 1. The molecule has 100 valence electrons. The smallest absolute Gasteiger partial charge is 0.106 e. The van der Waals surface area contributed by atoms with E-state index in [1.54, 1.807) is 0 Å². The lowest BCUT2D eigenvalue weighted by Crippen LogP contribution is -2.29. The molecule has 0 radical (unpaired) electrons. The molecule has 0 aliphatic heterocycles. The molecule has 1 rings (SSSR count). The minimum absolute atomic E-state index is 0.363. The first-order valence-electron chi connectivity index (χ1n) is 6.02. The van der Waals surface area contributed by atoms with Crippen LogP contribution >= 0.6 is 23.8 Å². The van der Waals surface area contributed by atoms with E-state index < -0.39 is 0 Å². The van der Waals surface area contributed by atoms with Crippen LogP contribution in [0.5, 0.6) is 0 Å². The summed E-state index contributed by atoms with van der Waals surface area (Å²) in [5.74, 6) is 0. The Bertz CT molecular complexity index is 412. The number of rotatable bonds is 7. The second-order valence-corrected chi connectivity index (χ2v) is 4.68. The number of thiocarbonyl (C=S) groups is 1. The summed E-state index contributed by atoms with van der Waals surface area (Å²) >= 11 is 11.1. The predicted molar refractivity (Wildman–Crippen MR) is 81.7 cm³/mol. The van der Waals surface area contributed by atoms with Crippen molar-refractivity contribution < 1.29 is 4.74 Å². The van der Waals surface area contributed by atoms with Gasteiger partial charge in [0.05, 0.1) is 6.61 Å². The second kappa shape index (κ2) is 7.56. The van der Waals surface area contributed by atoms with E-state index >= 15 is 0 Å². The first-order chi connectivity index (χ1) is 8.60. The van der Waals surface area contributed by atoms with Gasteiger partial charge in [0.25, 0.3) is 0 Å². The molecule has 5 heteroatoms. The quantitative estimate of drug-likeness (QED) is 0.618. The van der Waals surface area contributed by atoms with E-state index in [2.05, 4.69) is 11.8 Å². The van der Waals surface area contributed by atoms with Gasteiger partial charge in [0.15, 0.2) is 0 Å². The molecule has 0 fully saturated rings. The van der Waals surface area contributed by atoms with Crippen LogP contribution in [0.3, 0.4) is 0 Å². The Balaban J connectivity index is 2.93. The van der Waals surface area contributed by atoms with Gasteiger partial charge in [-0.2, -0.15) is 0 Å². The van der Waals surface area contributed by atoms with Gasteiger partial charge in [-0.15, -0.1) is 0 Å². The van der Waals surface area contributed by atoms with E-state index in [0.717, 1.165) is 30.9 Å². The summed E-state index contributed by atoms with van der Waals surface area (Å²) in [6.07, 6.45) is 0. The van der Waals surface area contributed by atoms with Crippen molar-refractivity contribution in [3.05, 3.63) is 28.8 Å². The van der Waals surface area contributed by atoms with Crippen LogP contribution in [-0.4, -0.2) is 31.3 Å². The topological polar surface area (TPSA) is 38.5 Å². The van der Waals surface area contributed by atoms with Gasteiger partial charge in [-0.3, -0.25) is 0 Å². The van der Waals surface area contributed by atoms with Crippen molar-refractivity contribution in [2.24, 2.45) is 5.73 Å². The summed E-state index contributed by atoms with van der Waals surface area (Å²) in [5.41, 5.74) is 7.57. The van der Waals surface area contributed by atoms with Crippen LogP contribution in [0, 0.1) is 0 Å². The molecule has 0 aliphatic rings. The molecular weight excluding hydrogens is 268 g/mol. The van der Waals surface area contributed by atoms with Crippen LogP contribution in [0.2, 0.25) is 5.02 Å². The number of ether oxygens (including phenoxy) is 1. The van der Waals surface area contributed by atoms with Crippen LogP contribution < -0.4 is 10.6 Å². The van der Waals surface area contributed by atoms with Crippen molar-refractivity contribution >= 4 is 34.5 Å². The second-order valence-electron chi connectivity index (χ2n) is 3.80. The highest BCUT2D eigenvalue weighted by Crippen LogP contribution is 2.24. The summed E-state index contributed by atoms with van der Waals surface area (Å²) in [6, 6.07) is 5.61. The largest absolute Gasteiger partial charge is 0.389 e. The maximum Gasteiger partial charge on any atom is 0.106 e. The van der Waals surface area contributed by atoms with E-state index in [1.807, 2.05) is 25.1 Å². The van der Waals surface area contributed by atoms with E-state index in [4.69, 9.17) is 34.3 Å². The van der Waals surface area contributed by atoms with Crippen LogP contribution in [0.25, 0.3) is 0 Å². The average molecular weight is 287 g/mol. The third kappa shape index (κ3) is 4.12. The zero-order valence-corrected chi connectivity index (χ0v) is 12.4. The molecule has 0 amide bonds. The van der Waals surface area contributed by atoms with Crippen molar-refractivity contribution in [2.45, 2.75) is 13.8 Å². The highest BCUT2D eigenvalue weighted by atomic mass is 35.5. The van der Waals surface area contributed by atoms with Gasteiger partial charge in [-0.05, 0) is 32.0 Å². The molecule has 0 saturated heterocycles. The van der Waals surface area contributed by atoms with Gasteiger partial charge >= 0.3 is 0 Å². The minimum atomic E-state index is 0.363. The number of nitrogens with zero attached hydrogens (tertiary/aromatic N) is 1. The van der Waals surface area contributed by atoms with Crippen molar-refractivity contribution in [3.63, 3.8) is 0 Å². The van der Waals surface area contributed by atoms with Gasteiger partial charge in [0.2, 0.25) is 0 Å². The Hall–Kier alpha value is -0.840. The van der Waals surface area contributed by atoms with Gasteiger partial charge in [0.1, 0.15) is 4.99 Å². The highest BCUT2D eigenvalue weighted by Gasteiger charge is 2.12. The number of halogens is 1. The van der Waals surface area contributed by atoms with Gasteiger partial charge < -0.3 is 15.4 Å². The third-order valence-electron chi connectivity index (χ3n) is 2.66. The average Bonchev–Trinajstić information content (AvgIpc) is 2.35. The van der Waals surface area contributed by atoms with Crippen LogP contribution in [0.4, 0.5) is 5.69 Å². The van der Waals surface area contributed by atoms with E-state index in [0.29, 0.717) is 16.6 Å². The Morgan fingerprint density at radius 3 is 2.72 bits per heavy atom. The van der Waals surface area contributed by atoms with E-state index in [-0.39, 0.29) is 0 Å². The predicted octanol–water partition coefficient (Wildman–Crippen LogP) is 2.84. The maximum absolute atomic E-state index is 5.98. The number of anilines is 1. The van der Waals surface area contributed by atoms with E-state index in [9.17, 15) is 0 Å². The van der Waals surface area contributed by atoms with Crippen LogP contribution in [0.1, 0.15) is 19.4 Å². The lowest BCUT2D eigenvalue weighted by atomic mass is 10.1. The maximum atomic E-state index is 5.98. The third-order valence-corrected chi connectivity index (χ3v) is 3.11. The molecule has 0 bridgehead atoms. The fourth-order valence-electron chi connectivity index (χ4n) is 1.75. The van der Waals surface area contributed by atoms with Crippen LogP contribution in [-0.2, 0) is 4.74 Å². The van der Waals surface area contributed by atoms with Crippen molar-refractivity contribution in [1.29, 1.82) is 0 Å². The molecule has 0 aliphatic carbocycles. The van der Waals surface area contributed by atoms with Crippen LogP contribution in [0.15, 0.2) is 18.2 Å². The minimum Gasteiger partial charge on any atom is -0.389 e. The summed E-state index contributed by atoms with van der Waals surface area (Å²) in [6.45, 7) is 7.15. The molecular formula is C13H19ClN2OS. The zero-order chi connectivity index (χ0) is 13.5. The number of hydrogen-bond acceptors (Lipinski definition) is 3. The fraction of sp³-hybridized carbons (Fsp3) is 0.462. The van der Waals surface area contributed by atoms with Crippen molar-refractivity contribution in [3.8, 4) is 0 Å².